The van der Waals surface area contributed by atoms with Crippen LogP contribution in [0, 0.1) is 0 Å². The lowest BCUT2D eigenvalue weighted by Crippen LogP contribution is -2.58. The summed E-state index contributed by atoms with van der Waals surface area (Å²) < 4.78 is 26.2. The lowest BCUT2D eigenvalue weighted by Gasteiger charge is -2.46. The molecule has 0 aromatic heterocycles. The van der Waals surface area contributed by atoms with Gasteiger partial charge in [-0.2, -0.15) is 0 Å². The quantitative estimate of drug-likeness (QED) is 0.273. The molecular formula is C33H34O5. The van der Waals surface area contributed by atoms with Crippen molar-refractivity contribution in [1.29, 1.82) is 0 Å². The molecule has 0 aliphatic carbocycles. The first-order valence-electron chi connectivity index (χ1n) is 13.1. The van der Waals surface area contributed by atoms with E-state index in [4.69, 9.17) is 18.9 Å². The molecule has 5 rings (SSSR count). The Bertz CT molecular complexity index is 1200. The molecule has 5 atom stereocenters. The summed E-state index contributed by atoms with van der Waals surface area (Å²) in [4.78, 5) is 0. The van der Waals surface area contributed by atoms with Gasteiger partial charge in [-0.3, -0.25) is 0 Å². The lowest BCUT2D eigenvalue weighted by molar-refractivity contribution is -0.272. The van der Waals surface area contributed by atoms with E-state index >= 15 is 0 Å². The van der Waals surface area contributed by atoms with Gasteiger partial charge in [-0.25, -0.2) is 0 Å². The Hall–Kier alpha value is -3.32. The molecule has 1 N–H and O–H groups in total. The van der Waals surface area contributed by atoms with Crippen LogP contribution in [0.5, 0.6) is 0 Å². The van der Waals surface area contributed by atoms with E-state index in [1.165, 1.54) is 0 Å². The van der Waals surface area contributed by atoms with Crippen molar-refractivity contribution in [2.45, 2.75) is 50.3 Å². The van der Waals surface area contributed by atoms with Crippen molar-refractivity contribution >= 4 is 0 Å². The molecule has 38 heavy (non-hydrogen) atoms. The van der Waals surface area contributed by atoms with Crippen LogP contribution < -0.4 is 0 Å². The summed E-state index contributed by atoms with van der Waals surface area (Å²) >= 11 is 0. The second-order valence-corrected chi connectivity index (χ2v) is 9.47. The predicted molar refractivity (Wildman–Crippen MR) is 146 cm³/mol. The second-order valence-electron chi connectivity index (χ2n) is 9.47. The summed E-state index contributed by atoms with van der Waals surface area (Å²) in [6.45, 7) is 0.970. The van der Waals surface area contributed by atoms with E-state index in [2.05, 4.69) is 0 Å². The minimum Gasteiger partial charge on any atom is -0.394 e. The van der Waals surface area contributed by atoms with E-state index in [1.807, 2.05) is 121 Å². The Morgan fingerprint density at radius 2 is 0.895 bits per heavy atom. The molecule has 196 valence electrons. The zero-order valence-corrected chi connectivity index (χ0v) is 21.3. The van der Waals surface area contributed by atoms with Crippen molar-refractivity contribution in [3.8, 4) is 0 Å². The van der Waals surface area contributed by atoms with E-state index in [0.717, 1.165) is 22.3 Å². The van der Waals surface area contributed by atoms with Gasteiger partial charge in [-0.15, -0.1) is 0 Å². The Morgan fingerprint density at radius 1 is 0.500 bits per heavy atom. The molecule has 1 aliphatic heterocycles. The highest BCUT2D eigenvalue weighted by Gasteiger charge is 2.48. The monoisotopic (exact) mass is 510 g/mol. The van der Waals surface area contributed by atoms with Gasteiger partial charge < -0.3 is 24.1 Å². The largest absolute Gasteiger partial charge is 0.394 e. The summed E-state index contributed by atoms with van der Waals surface area (Å²) in [6.07, 6.45) is -2.51. The van der Waals surface area contributed by atoms with Gasteiger partial charge >= 0.3 is 0 Å². The maximum absolute atomic E-state index is 10.4. The zero-order valence-electron chi connectivity index (χ0n) is 21.3. The van der Waals surface area contributed by atoms with Crippen LogP contribution in [0.1, 0.15) is 28.4 Å². The van der Waals surface area contributed by atoms with E-state index in [9.17, 15) is 5.11 Å². The molecule has 4 aromatic rings. The maximum Gasteiger partial charge on any atom is 0.117 e. The molecule has 0 radical (unpaired) electrons. The fourth-order valence-electron chi connectivity index (χ4n) is 4.85. The third-order valence-corrected chi connectivity index (χ3v) is 6.80. The minimum atomic E-state index is -0.582. The fourth-order valence-corrected chi connectivity index (χ4v) is 4.85. The third-order valence-electron chi connectivity index (χ3n) is 6.80. The number of ether oxygens (including phenoxy) is 4. The first-order valence-corrected chi connectivity index (χ1v) is 13.1. The van der Waals surface area contributed by atoms with E-state index in [-0.39, 0.29) is 6.61 Å². The fraction of sp³-hybridized carbons (Fsp3) is 0.273. The first kappa shape index (κ1) is 26.3. The standard InChI is InChI=1S/C33H34O5/c34-21-29-31(35-22-25-13-5-1-6-14-25)33(37-24-27-17-9-3-10-18-27)32(36-23-26-15-7-2-8-16-26)30(38-29)28-19-11-4-12-20-28/h1-20,29-34H,21-24H2/t29-,30?,31-,32+,33+/m1/s1. The average Bonchev–Trinajstić information content (AvgIpc) is 2.99. The lowest BCUT2D eigenvalue weighted by atomic mass is 9.90. The van der Waals surface area contributed by atoms with Gasteiger partial charge in [0.15, 0.2) is 0 Å². The Labute approximate surface area is 224 Å². The van der Waals surface area contributed by atoms with Crippen molar-refractivity contribution < 1.29 is 24.1 Å². The highest BCUT2D eigenvalue weighted by molar-refractivity contribution is 5.22. The SMILES string of the molecule is OC[C@H]1OC(c2ccccc2)[C@H](OCc2ccccc2)[C@@H](OCc2ccccc2)[C@@H]1OCc1ccccc1. The summed E-state index contributed by atoms with van der Waals surface area (Å²) in [5, 5.41) is 10.4. The van der Waals surface area contributed by atoms with Crippen molar-refractivity contribution in [2.24, 2.45) is 0 Å². The van der Waals surface area contributed by atoms with E-state index in [1.54, 1.807) is 0 Å². The molecule has 5 nitrogen and oxygen atoms in total. The van der Waals surface area contributed by atoms with Crippen LogP contribution in [-0.4, -0.2) is 36.1 Å². The molecule has 0 amide bonds. The Kier molecular flexibility index (Phi) is 9.32. The number of aliphatic hydroxyl groups excluding tert-OH is 1. The molecule has 1 unspecified atom stereocenters. The van der Waals surface area contributed by atoms with Crippen LogP contribution >= 0.6 is 0 Å². The third kappa shape index (κ3) is 6.76. The summed E-state index contributed by atoms with van der Waals surface area (Å²) in [5.74, 6) is 0. The van der Waals surface area contributed by atoms with Gasteiger partial charge in [0.25, 0.3) is 0 Å². The Morgan fingerprint density at radius 3 is 1.34 bits per heavy atom. The zero-order chi connectivity index (χ0) is 26.0. The highest BCUT2D eigenvalue weighted by Crippen LogP contribution is 2.38. The summed E-state index contributed by atoms with van der Waals surface area (Å²) in [7, 11) is 0. The maximum atomic E-state index is 10.4. The van der Waals surface area contributed by atoms with Crippen LogP contribution in [-0.2, 0) is 38.8 Å². The molecule has 1 fully saturated rings. The van der Waals surface area contributed by atoms with Gasteiger partial charge in [0, 0.05) is 0 Å². The topological polar surface area (TPSA) is 57.2 Å². The van der Waals surface area contributed by atoms with Crippen LogP contribution in [0.15, 0.2) is 121 Å². The molecule has 0 bridgehead atoms. The number of hydrogen-bond acceptors (Lipinski definition) is 5. The number of benzene rings is 4. The summed E-state index contributed by atoms with van der Waals surface area (Å²) in [6, 6.07) is 40.1. The van der Waals surface area contributed by atoms with Gasteiger partial charge in [0.2, 0.25) is 0 Å². The molecule has 4 aromatic carbocycles. The average molecular weight is 511 g/mol. The van der Waals surface area contributed by atoms with Crippen molar-refractivity contribution in [1.82, 2.24) is 0 Å². The predicted octanol–water partition coefficient (Wildman–Crippen LogP) is 5.88. The number of aliphatic hydroxyl groups is 1. The van der Waals surface area contributed by atoms with E-state index < -0.39 is 30.5 Å². The van der Waals surface area contributed by atoms with Gasteiger partial charge in [0.1, 0.15) is 30.5 Å². The minimum absolute atomic E-state index is 0.195. The molecule has 5 heteroatoms. The second kappa shape index (κ2) is 13.5. The molecular weight excluding hydrogens is 476 g/mol. The van der Waals surface area contributed by atoms with Crippen LogP contribution in [0.3, 0.4) is 0 Å². The van der Waals surface area contributed by atoms with Gasteiger partial charge in [-0.1, -0.05) is 121 Å². The highest BCUT2D eigenvalue weighted by atomic mass is 16.6. The molecule has 0 saturated carbocycles. The summed E-state index contributed by atoms with van der Waals surface area (Å²) in [5.41, 5.74) is 4.13. The van der Waals surface area contributed by atoms with Crippen molar-refractivity contribution in [2.75, 3.05) is 6.61 Å². The van der Waals surface area contributed by atoms with Crippen LogP contribution in [0.25, 0.3) is 0 Å². The number of rotatable bonds is 11. The molecule has 0 spiro atoms. The van der Waals surface area contributed by atoms with Gasteiger partial charge in [-0.05, 0) is 22.3 Å². The van der Waals surface area contributed by atoms with E-state index in [0.29, 0.717) is 19.8 Å². The Balaban J connectivity index is 1.46. The van der Waals surface area contributed by atoms with Crippen molar-refractivity contribution in [3.63, 3.8) is 0 Å². The molecule has 1 heterocycles. The van der Waals surface area contributed by atoms with Crippen molar-refractivity contribution in [3.05, 3.63) is 144 Å². The van der Waals surface area contributed by atoms with Crippen LogP contribution in [0.4, 0.5) is 0 Å². The molecule has 1 aliphatic rings. The number of hydrogen-bond donors (Lipinski definition) is 1. The first-order chi connectivity index (χ1) is 18.8. The normalized spacial score (nSPS) is 23.2. The van der Waals surface area contributed by atoms with Gasteiger partial charge in [0.05, 0.1) is 26.4 Å². The van der Waals surface area contributed by atoms with Crippen LogP contribution in [0.2, 0.25) is 0 Å². The smallest absolute Gasteiger partial charge is 0.117 e. The molecule has 1 saturated heterocycles.